The molecule has 2 unspecified atom stereocenters. The van der Waals surface area contributed by atoms with E-state index < -0.39 is 0 Å². The normalized spacial score (nSPS) is 20.9. The van der Waals surface area contributed by atoms with E-state index in [1.807, 2.05) is 36.4 Å². The zero-order valence-corrected chi connectivity index (χ0v) is 11.1. The highest BCUT2D eigenvalue weighted by atomic mass is 16.5. The number of hydrogen-bond acceptors (Lipinski definition) is 3. The number of ether oxygens (including phenoxy) is 2. The van der Waals surface area contributed by atoms with Gasteiger partial charge in [0.05, 0.1) is 18.8 Å². The van der Waals surface area contributed by atoms with Gasteiger partial charge < -0.3 is 14.8 Å². The zero-order chi connectivity index (χ0) is 13.2. The van der Waals surface area contributed by atoms with Crippen molar-refractivity contribution in [2.45, 2.75) is 19.1 Å². The van der Waals surface area contributed by atoms with Crippen molar-refractivity contribution in [3.05, 3.63) is 54.1 Å². The molecule has 3 rings (SSSR count). The van der Waals surface area contributed by atoms with Gasteiger partial charge in [-0.2, -0.15) is 0 Å². The predicted molar refractivity (Wildman–Crippen MR) is 75.9 cm³/mol. The fourth-order valence-electron chi connectivity index (χ4n) is 2.40. The van der Waals surface area contributed by atoms with Crippen LogP contribution in [0.25, 0.3) is 0 Å². The van der Waals surface area contributed by atoms with Crippen LogP contribution < -0.4 is 14.8 Å². The van der Waals surface area contributed by atoms with Gasteiger partial charge in [-0.15, -0.1) is 0 Å². The first kappa shape index (κ1) is 11.9. The molecule has 0 spiro atoms. The molecule has 1 N–H and O–H groups in total. The maximum Gasteiger partial charge on any atom is 0.144 e. The van der Waals surface area contributed by atoms with Crippen LogP contribution in [0.5, 0.6) is 11.5 Å². The monoisotopic (exact) mass is 255 g/mol. The summed E-state index contributed by atoms with van der Waals surface area (Å²) in [6.07, 6.45) is 0.0146. The van der Waals surface area contributed by atoms with Crippen molar-refractivity contribution in [3.8, 4) is 11.5 Å². The highest BCUT2D eigenvalue weighted by Crippen LogP contribution is 2.37. The van der Waals surface area contributed by atoms with Gasteiger partial charge in [-0.1, -0.05) is 24.3 Å². The summed E-state index contributed by atoms with van der Waals surface area (Å²) >= 11 is 0. The van der Waals surface area contributed by atoms with E-state index in [2.05, 4.69) is 24.4 Å². The third kappa shape index (κ3) is 2.24. The molecule has 1 heterocycles. The lowest BCUT2D eigenvalue weighted by Gasteiger charge is -2.33. The number of para-hydroxylation sites is 2. The van der Waals surface area contributed by atoms with Gasteiger partial charge in [-0.05, 0) is 36.8 Å². The molecule has 3 nitrogen and oxygen atoms in total. The van der Waals surface area contributed by atoms with Crippen LogP contribution in [0, 0.1) is 0 Å². The third-order valence-electron chi connectivity index (χ3n) is 3.42. The maximum absolute atomic E-state index is 6.10. The van der Waals surface area contributed by atoms with Gasteiger partial charge in [0, 0.05) is 0 Å². The zero-order valence-electron chi connectivity index (χ0n) is 11.1. The molecule has 0 fully saturated rings. The molecule has 0 radical (unpaired) electrons. The van der Waals surface area contributed by atoms with Crippen molar-refractivity contribution in [1.29, 1.82) is 0 Å². The van der Waals surface area contributed by atoms with E-state index in [9.17, 15) is 0 Å². The van der Waals surface area contributed by atoms with Crippen LogP contribution in [0.3, 0.4) is 0 Å². The molecule has 0 saturated heterocycles. The van der Waals surface area contributed by atoms with Gasteiger partial charge in [0.2, 0.25) is 0 Å². The average Bonchev–Trinajstić information content (AvgIpc) is 2.47. The minimum Gasteiger partial charge on any atom is -0.497 e. The van der Waals surface area contributed by atoms with Gasteiger partial charge in [0.25, 0.3) is 0 Å². The number of anilines is 1. The topological polar surface area (TPSA) is 30.5 Å². The molecule has 1 aliphatic heterocycles. The predicted octanol–water partition coefficient (Wildman–Crippen LogP) is 3.63. The summed E-state index contributed by atoms with van der Waals surface area (Å²) < 4.78 is 11.3. The second-order valence-electron chi connectivity index (χ2n) is 4.74. The van der Waals surface area contributed by atoms with E-state index in [0.717, 1.165) is 22.7 Å². The Labute approximate surface area is 113 Å². The van der Waals surface area contributed by atoms with Crippen LogP contribution in [0.15, 0.2) is 48.5 Å². The second kappa shape index (κ2) is 4.84. The second-order valence-corrected chi connectivity index (χ2v) is 4.74. The summed E-state index contributed by atoms with van der Waals surface area (Å²) in [5.41, 5.74) is 2.20. The number of hydrogen-bond donors (Lipinski definition) is 1. The van der Waals surface area contributed by atoms with Crippen LogP contribution in [0.1, 0.15) is 18.6 Å². The first-order valence-electron chi connectivity index (χ1n) is 6.44. The summed E-state index contributed by atoms with van der Waals surface area (Å²) in [5.74, 6) is 1.77. The highest BCUT2D eigenvalue weighted by molar-refractivity contribution is 5.59. The first-order chi connectivity index (χ1) is 9.28. The Bertz CT molecular complexity index is 565. The van der Waals surface area contributed by atoms with Crippen molar-refractivity contribution in [3.63, 3.8) is 0 Å². The van der Waals surface area contributed by atoms with Crippen molar-refractivity contribution in [1.82, 2.24) is 0 Å². The van der Waals surface area contributed by atoms with Gasteiger partial charge in [0.1, 0.15) is 17.6 Å². The van der Waals surface area contributed by atoms with E-state index in [-0.39, 0.29) is 12.1 Å². The molecule has 2 aromatic carbocycles. The Kier molecular flexibility index (Phi) is 3.03. The third-order valence-corrected chi connectivity index (χ3v) is 3.42. The fourth-order valence-corrected chi connectivity index (χ4v) is 2.40. The number of methoxy groups -OCH3 is 1. The molecule has 2 aromatic rings. The average molecular weight is 255 g/mol. The molecule has 1 aliphatic rings. The molecule has 3 heteroatoms. The van der Waals surface area contributed by atoms with Gasteiger partial charge in [0.15, 0.2) is 0 Å². The molecule has 0 aromatic heterocycles. The van der Waals surface area contributed by atoms with Gasteiger partial charge in [-0.3, -0.25) is 0 Å². The van der Waals surface area contributed by atoms with E-state index in [4.69, 9.17) is 9.47 Å². The molecule has 19 heavy (non-hydrogen) atoms. The first-order valence-corrected chi connectivity index (χ1v) is 6.44. The van der Waals surface area contributed by atoms with Crippen LogP contribution in [0.4, 0.5) is 5.69 Å². The van der Waals surface area contributed by atoms with Crippen molar-refractivity contribution in [2.75, 3.05) is 12.4 Å². The fraction of sp³-hybridized carbons (Fsp3) is 0.250. The molecule has 98 valence electrons. The van der Waals surface area contributed by atoms with Crippen molar-refractivity contribution < 1.29 is 9.47 Å². The van der Waals surface area contributed by atoms with Crippen LogP contribution in [-0.4, -0.2) is 13.2 Å². The van der Waals surface area contributed by atoms with Crippen LogP contribution >= 0.6 is 0 Å². The van der Waals surface area contributed by atoms with Crippen LogP contribution in [-0.2, 0) is 0 Å². The van der Waals surface area contributed by atoms with E-state index in [0.29, 0.717) is 0 Å². The molecular weight excluding hydrogens is 238 g/mol. The van der Waals surface area contributed by atoms with Gasteiger partial charge >= 0.3 is 0 Å². The number of rotatable bonds is 2. The summed E-state index contributed by atoms with van der Waals surface area (Å²) in [4.78, 5) is 0. The highest BCUT2D eigenvalue weighted by Gasteiger charge is 2.27. The maximum atomic E-state index is 6.10. The lowest BCUT2D eigenvalue weighted by atomic mass is 10.0. The van der Waals surface area contributed by atoms with E-state index >= 15 is 0 Å². The number of nitrogens with one attached hydrogen (secondary N) is 1. The lowest BCUT2D eigenvalue weighted by molar-refractivity contribution is 0.177. The lowest BCUT2D eigenvalue weighted by Crippen LogP contribution is -2.32. The molecule has 0 saturated carbocycles. The molecule has 0 amide bonds. The summed E-state index contributed by atoms with van der Waals surface area (Å²) in [6.45, 7) is 2.13. The molecule has 2 atom stereocenters. The van der Waals surface area contributed by atoms with E-state index in [1.54, 1.807) is 7.11 Å². The number of fused-ring (bicyclic) bond motifs is 1. The SMILES string of the molecule is COc1ccc(C2Oc3ccccc3NC2C)cc1. The van der Waals surface area contributed by atoms with E-state index in [1.165, 1.54) is 0 Å². The van der Waals surface area contributed by atoms with Crippen LogP contribution in [0.2, 0.25) is 0 Å². The summed E-state index contributed by atoms with van der Waals surface area (Å²) in [7, 11) is 1.67. The minimum atomic E-state index is 0.0146. The Morgan fingerprint density at radius 2 is 1.79 bits per heavy atom. The Hall–Kier alpha value is -2.16. The summed E-state index contributed by atoms with van der Waals surface area (Å²) in [5, 5.41) is 3.48. The molecule has 0 aliphatic carbocycles. The largest absolute Gasteiger partial charge is 0.497 e. The Morgan fingerprint density at radius 3 is 2.53 bits per heavy atom. The van der Waals surface area contributed by atoms with Gasteiger partial charge in [-0.25, -0.2) is 0 Å². The summed E-state index contributed by atoms with van der Waals surface area (Å²) in [6, 6.07) is 16.3. The quantitative estimate of drug-likeness (QED) is 0.889. The standard InChI is InChI=1S/C16H17NO2/c1-11-16(12-7-9-13(18-2)10-8-12)19-15-6-4-3-5-14(15)17-11/h3-11,16-17H,1-2H3. The molecule has 0 bridgehead atoms. The smallest absolute Gasteiger partial charge is 0.144 e. The van der Waals surface area contributed by atoms with Crippen molar-refractivity contribution >= 4 is 5.69 Å². The Morgan fingerprint density at radius 1 is 1.05 bits per heavy atom. The molecular formula is C16H17NO2. The van der Waals surface area contributed by atoms with Crippen molar-refractivity contribution in [2.24, 2.45) is 0 Å². The Balaban J connectivity index is 1.89. The number of benzene rings is 2. The minimum absolute atomic E-state index is 0.0146.